The van der Waals surface area contributed by atoms with Crippen LogP contribution in [0.2, 0.25) is 0 Å². The molecule has 2 amide bonds. The fourth-order valence-corrected chi connectivity index (χ4v) is 1.92. The maximum absolute atomic E-state index is 11.9. The van der Waals surface area contributed by atoms with E-state index in [2.05, 4.69) is 22.5 Å². The van der Waals surface area contributed by atoms with Gasteiger partial charge in [-0.2, -0.15) is 0 Å². The molecule has 116 valence electrons. The quantitative estimate of drug-likeness (QED) is 0.857. The van der Waals surface area contributed by atoms with E-state index in [0.717, 1.165) is 16.8 Å². The number of hydrogen-bond acceptors (Lipinski definition) is 2. The predicted octanol–water partition coefficient (Wildman–Crippen LogP) is 2.73. The normalized spacial score (nSPS) is 9.48. The van der Waals surface area contributed by atoms with E-state index in [4.69, 9.17) is 0 Å². The summed E-state index contributed by atoms with van der Waals surface area (Å²) in [6.07, 6.45) is 0. The third-order valence-corrected chi connectivity index (χ3v) is 3.09. The van der Waals surface area contributed by atoms with Gasteiger partial charge in [0.25, 0.3) is 5.91 Å². The average Bonchev–Trinajstić information content (AvgIpc) is 2.53. The van der Waals surface area contributed by atoms with Gasteiger partial charge in [-0.25, -0.2) is 0 Å². The molecule has 4 nitrogen and oxygen atoms in total. The largest absolute Gasteiger partial charge is 0.341 e. The van der Waals surface area contributed by atoms with Gasteiger partial charge in [-0.05, 0) is 43.3 Å². The SMILES string of the molecule is CC(=O)Nc1ccc(C#CCNC(=O)c2ccc(C)cc2)cc1. The van der Waals surface area contributed by atoms with Crippen molar-refractivity contribution < 1.29 is 9.59 Å². The third-order valence-electron chi connectivity index (χ3n) is 3.09. The smallest absolute Gasteiger partial charge is 0.252 e. The van der Waals surface area contributed by atoms with E-state index in [9.17, 15) is 9.59 Å². The number of rotatable bonds is 3. The number of amides is 2. The van der Waals surface area contributed by atoms with Crippen molar-refractivity contribution in [2.75, 3.05) is 11.9 Å². The minimum absolute atomic E-state index is 0.109. The minimum Gasteiger partial charge on any atom is -0.341 e. The zero-order valence-corrected chi connectivity index (χ0v) is 13.1. The summed E-state index contributed by atoms with van der Waals surface area (Å²) >= 11 is 0. The van der Waals surface area contributed by atoms with Gasteiger partial charge in [0.15, 0.2) is 0 Å². The van der Waals surface area contributed by atoms with Crippen LogP contribution in [0.25, 0.3) is 0 Å². The number of carbonyl (C=O) groups excluding carboxylic acids is 2. The van der Waals surface area contributed by atoms with Crippen molar-refractivity contribution in [3.8, 4) is 11.8 Å². The third kappa shape index (κ3) is 5.33. The van der Waals surface area contributed by atoms with Gasteiger partial charge in [-0.1, -0.05) is 29.5 Å². The second-order valence-corrected chi connectivity index (χ2v) is 5.11. The van der Waals surface area contributed by atoms with Gasteiger partial charge in [0.2, 0.25) is 5.91 Å². The van der Waals surface area contributed by atoms with Crippen LogP contribution in [-0.4, -0.2) is 18.4 Å². The number of nitrogens with one attached hydrogen (secondary N) is 2. The van der Waals surface area contributed by atoms with Gasteiger partial charge in [0, 0.05) is 23.7 Å². The highest BCUT2D eigenvalue weighted by Crippen LogP contribution is 2.08. The summed E-state index contributed by atoms with van der Waals surface area (Å²) in [6, 6.07) is 14.6. The molecule has 2 rings (SSSR count). The molecule has 2 aromatic carbocycles. The van der Waals surface area contributed by atoms with Crippen LogP contribution < -0.4 is 10.6 Å². The molecule has 0 aliphatic carbocycles. The van der Waals surface area contributed by atoms with Crippen molar-refractivity contribution in [3.05, 3.63) is 65.2 Å². The molecule has 0 fully saturated rings. The highest BCUT2D eigenvalue weighted by atomic mass is 16.2. The van der Waals surface area contributed by atoms with Crippen molar-refractivity contribution in [3.63, 3.8) is 0 Å². The Morgan fingerprint density at radius 3 is 2.26 bits per heavy atom. The van der Waals surface area contributed by atoms with Crippen molar-refractivity contribution in [2.24, 2.45) is 0 Å². The van der Waals surface area contributed by atoms with Crippen LogP contribution in [0.5, 0.6) is 0 Å². The first-order valence-corrected chi connectivity index (χ1v) is 7.26. The second kappa shape index (κ2) is 7.81. The van der Waals surface area contributed by atoms with Crippen molar-refractivity contribution >= 4 is 17.5 Å². The zero-order chi connectivity index (χ0) is 16.7. The van der Waals surface area contributed by atoms with Gasteiger partial charge in [-0.15, -0.1) is 0 Å². The van der Waals surface area contributed by atoms with E-state index >= 15 is 0 Å². The van der Waals surface area contributed by atoms with E-state index < -0.39 is 0 Å². The Labute approximate surface area is 135 Å². The summed E-state index contributed by atoms with van der Waals surface area (Å²) < 4.78 is 0. The molecular weight excluding hydrogens is 288 g/mol. The number of anilines is 1. The van der Waals surface area contributed by atoms with Crippen LogP contribution in [0.4, 0.5) is 5.69 Å². The fraction of sp³-hybridized carbons (Fsp3) is 0.158. The molecule has 0 heterocycles. The molecular formula is C19H18N2O2. The molecule has 0 aromatic heterocycles. The standard InChI is InChI=1S/C19H18N2O2/c1-14-5-9-17(10-6-14)19(23)20-13-3-4-16-7-11-18(12-8-16)21-15(2)22/h5-12H,13H2,1-2H3,(H,20,23)(H,21,22). The molecule has 0 aliphatic rings. The molecule has 0 bridgehead atoms. The molecule has 0 radical (unpaired) electrons. The Morgan fingerprint density at radius 2 is 1.65 bits per heavy atom. The summed E-state index contributed by atoms with van der Waals surface area (Å²) in [5.41, 5.74) is 3.29. The van der Waals surface area contributed by atoms with Crippen LogP contribution in [0, 0.1) is 18.8 Å². The van der Waals surface area contributed by atoms with Gasteiger partial charge >= 0.3 is 0 Å². The number of aryl methyl sites for hydroxylation is 1. The molecule has 4 heteroatoms. The van der Waals surface area contributed by atoms with E-state index in [1.807, 2.05) is 31.2 Å². The first kappa shape index (κ1) is 16.3. The topological polar surface area (TPSA) is 58.2 Å². The first-order valence-electron chi connectivity index (χ1n) is 7.26. The fourth-order valence-electron chi connectivity index (χ4n) is 1.92. The molecule has 2 N–H and O–H groups in total. The molecule has 0 saturated heterocycles. The Hall–Kier alpha value is -3.06. The molecule has 0 saturated carbocycles. The molecule has 0 spiro atoms. The Bertz CT molecular complexity index is 751. The lowest BCUT2D eigenvalue weighted by molar-refractivity contribution is -0.114. The Kier molecular flexibility index (Phi) is 5.54. The summed E-state index contributed by atoms with van der Waals surface area (Å²) in [5, 5.41) is 5.45. The van der Waals surface area contributed by atoms with Crippen LogP contribution in [0.3, 0.4) is 0 Å². The monoisotopic (exact) mass is 306 g/mol. The Morgan fingerprint density at radius 1 is 1.00 bits per heavy atom. The lowest BCUT2D eigenvalue weighted by Crippen LogP contribution is -2.23. The van der Waals surface area contributed by atoms with Crippen LogP contribution in [-0.2, 0) is 4.79 Å². The minimum atomic E-state index is -0.139. The van der Waals surface area contributed by atoms with Crippen LogP contribution >= 0.6 is 0 Å². The second-order valence-electron chi connectivity index (χ2n) is 5.11. The predicted molar refractivity (Wildman–Crippen MR) is 91.1 cm³/mol. The molecule has 0 atom stereocenters. The van der Waals surface area contributed by atoms with Gasteiger partial charge < -0.3 is 10.6 Å². The van der Waals surface area contributed by atoms with Gasteiger partial charge in [0.05, 0.1) is 6.54 Å². The first-order chi connectivity index (χ1) is 11.0. The van der Waals surface area contributed by atoms with E-state index in [0.29, 0.717) is 5.56 Å². The average molecular weight is 306 g/mol. The number of carbonyl (C=O) groups is 2. The van der Waals surface area contributed by atoms with Crippen molar-refractivity contribution in [1.29, 1.82) is 0 Å². The van der Waals surface area contributed by atoms with E-state index in [-0.39, 0.29) is 18.4 Å². The van der Waals surface area contributed by atoms with E-state index in [1.54, 1.807) is 24.3 Å². The van der Waals surface area contributed by atoms with Gasteiger partial charge in [0.1, 0.15) is 0 Å². The lowest BCUT2D eigenvalue weighted by atomic mass is 10.1. The highest BCUT2D eigenvalue weighted by Gasteiger charge is 2.02. The summed E-state index contributed by atoms with van der Waals surface area (Å²) in [6.45, 7) is 3.72. The maximum Gasteiger partial charge on any atom is 0.252 e. The molecule has 23 heavy (non-hydrogen) atoms. The zero-order valence-electron chi connectivity index (χ0n) is 13.1. The maximum atomic E-state index is 11.9. The molecule has 2 aromatic rings. The summed E-state index contributed by atoms with van der Waals surface area (Å²) in [5.74, 6) is 5.62. The lowest BCUT2D eigenvalue weighted by Gasteiger charge is -2.02. The van der Waals surface area contributed by atoms with Crippen LogP contribution in [0.1, 0.15) is 28.4 Å². The molecule has 0 unspecified atom stereocenters. The van der Waals surface area contributed by atoms with Gasteiger partial charge in [-0.3, -0.25) is 9.59 Å². The number of benzene rings is 2. The number of hydrogen-bond donors (Lipinski definition) is 2. The summed E-state index contributed by atoms with van der Waals surface area (Å²) in [7, 11) is 0. The van der Waals surface area contributed by atoms with Crippen molar-refractivity contribution in [1.82, 2.24) is 5.32 Å². The Balaban J connectivity index is 1.86. The van der Waals surface area contributed by atoms with Crippen molar-refractivity contribution in [2.45, 2.75) is 13.8 Å². The van der Waals surface area contributed by atoms with E-state index in [1.165, 1.54) is 6.92 Å². The molecule has 0 aliphatic heterocycles. The highest BCUT2D eigenvalue weighted by molar-refractivity contribution is 5.94. The van der Waals surface area contributed by atoms with Crippen LogP contribution in [0.15, 0.2) is 48.5 Å². The summed E-state index contributed by atoms with van der Waals surface area (Å²) in [4.78, 5) is 22.8.